The molecule has 0 aliphatic carbocycles. The Bertz CT molecular complexity index is 941. The lowest BCUT2D eigenvalue weighted by molar-refractivity contribution is -0.0440. The highest BCUT2D eigenvalue weighted by Crippen LogP contribution is 2.25. The molecule has 1 fully saturated rings. The normalized spacial score (nSPS) is 20.9. The number of aryl methyl sites for hydroxylation is 2. The van der Waals surface area contributed by atoms with Crippen molar-refractivity contribution in [1.29, 1.82) is 0 Å². The predicted molar refractivity (Wildman–Crippen MR) is 112 cm³/mol. The molecule has 0 bridgehead atoms. The Hall–Kier alpha value is -1.74. The molecule has 0 spiro atoms. The van der Waals surface area contributed by atoms with Crippen LogP contribution in [0.25, 0.3) is 0 Å². The number of morpholine rings is 1. The summed E-state index contributed by atoms with van der Waals surface area (Å²) in [5, 5.41) is 2.84. The fourth-order valence-corrected chi connectivity index (χ4v) is 5.96. The monoisotopic (exact) mass is 422 g/mol. The first kappa shape index (κ1) is 21.0. The zero-order valence-corrected chi connectivity index (χ0v) is 18.2. The summed E-state index contributed by atoms with van der Waals surface area (Å²) >= 11 is 1.47. The highest BCUT2D eigenvalue weighted by Gasteiger charge is 2.32. The molecule has 152 valence electrons. The number of thiophene rings is 1. The summed E-state index contributed by atoms with van der Waals surface area (Å²) in [4.78, 5) is 14.5. The second-order valence-electron chi connectivity index (χ2n) is 7.10. The van der Waals surface area contributed by atoms with Gasteiger partial charge in [-0.3, -0.25) is 4.79 Å². The minimum absolute atomic E-state index is 0.139. The van der Waals surface area contributed by atoms with E-state index in [1.165, 1.54) is 33.3 Å². The Labute approximate surface area is 170 Å². The van der Waals surface area contributed by atoms with E-state index in [2.05, 4.69) is 12.2 Å². The summed E-state index contributed by atoms with van der Waals surface area (Å²) in [5.74, 6) is -0.181. The summed E-state index contributed by atoms with van der Waals surface area (Å²) in [6.45, 7) is 8.48. The molecular weight excluding hydrogens is 396 g/mol. The van der Waals surface area contributed by atoms with Gasteiger partial charge < -0.3 is 10.1 Å². The van der Waals surface area contributed by atoms with Crippen LogP contribution in [-0.4, -0.2) is 43.9 Å². The number of ether oxygens (including phenoxy) is 1. The van der Waals surface area contributed by atoms with Crippen molar-refractivity contribution in [2.45, 2.75) is 51.2 Å². The first-order valence-corrected chi connectivity index (χ1v) is 11.6. The van der Waals surface area contributed by atoms with E-state index in [0.29, 0.717) is 23.7 Å². The number of rotatable bonds is 5. The minimum atomic E-state index is -3.59. The van der Waals surface area contributed by atoms with Crippen molar-refractivity contribution in [3.63, 3.8) is 0 Å². The Kier molecular flexibility index (Phi) is 6.24. The van der Waals surface area contributed by atoms with Gasteiger partial charge in [0.1, 0.15) is 0 Å². The van der Waals surface area contributed by atoms with Crippen LogP contribution in [0.5, 0.6) is 0 Å². The summed E-state index contributed by atoms with van der Waals surface area (Å²) in [6.07, 6.45) is 0.611. The first-order chi connectivity index (χ1) is 13.2. The number of carbonyl (C=O) groups excluding carboxylic acids is 1. The molecule has 1 aliphatic rings. The van der Waals surface area contributed by atoms with Crippen molar-refractivity contribution >= 4 is 33.0 Å². The van der Waals surface area contributed by atoms with E-state index in [1.807, 2.05) is 26.8 Å². The molecule has 2 atom stereocenters. The van der Waals surface area contributed by atoms with Crippen LogP contribution < -0.4 is 5.32 Å². The molecule has 8 heteroatoms. The van der Waals surface area contributed by atoms with Gasteiger partial charge in [-0.1, -0.05) is 6.92 Å². The van der Waals surface area contributed by atoms with Gasteiger partial charge in [0.15, 0.2) is 0 Å². The fraction of sp³-hybridized carbons (Fsp3) is 0.450. The van der Waals surface area contributed by atoms with Gasteiger partial charge in [0.2, 0.25) is 10.0 Å². The van der Waals surface area contributed by atoms with Gasteiger partial charge in [0, 0.05) is 23.7 Å². The third kappa shape index (κ3) is 4.46. The molecule has 1 aromatic heterocycles. The van der Waals surface area contributed by atoms with Crippen LogP contribution in [0.1, 0.15) is 40.9 Å². The van der Waals surface area contributed by atoms with Crippen LogP contribution in [0.3, 0.4) is 0 Å². The maximum atomic E-state index is 12.9. The van der Waals surface area contributed by atoms with E-state index < -0.39 is 10.0 Å². The maximum Gasteiger partial charge on any atom is 0.265 e. The fourth-order valence-electron chi connectivity index (χ4n) is 3.36. The van der Waals surface area contributed by atoms with Gasteiger partial charge in [-0.25, -0.2) is 8.42 Å². The van der Waals surface area contributed by atoms with Gasteiger partial charge in [-0.05, 0) is 63.1 Å². The number of sulfonamides is 1. The summed E-state index contributed by atoms with van der Waals surface area (Å²) in [5.41, 5.74) is 1.74. The van der Waals surface area contributed by atoms with E-state index in [0.717, 1.165) is 11.3 Å². The van der Waals surface area contributed by atoms with E-state index in [9.17, 15) is 13.2 Å². The minimum Gasteiger partial charge on any atom is -0.373 e. The second kappa shape index (κ2) is 8.32. The quantitative estimate of drug-likeness (QED) is 0.798. The third-order valence-corrected chi connectivity index (χ3v) is 7.70. The summed E-state index contributed by atoms with van der Waals surface area (Å²) in [7, 11) is -3.59. The van der Waals surface area contributed by atoms with Crippen molar-refractivity contribution in [3.05, 3.63) is 45.6 Å². The Morgan fingerprint density at radius 3 is 2.36 bits per heavy atom. The molecule has 2 heterocycles. The van der Waals surface area contributed by atoms with Crippen molar-refractivity contribution in [3.8, 4) is 0 Å². The van der Waals surface area contributed by atoms with E-state index in [-0.39, 0.29) is 23.0 Å². The largest absolute Gasteiger partial charge is 0.373 e. The lowest BCUT2D eigenvalue weighted by atomic mass is 10.2. The standard InChI is InChI=1S/C20H26N2O4S2/c1-5-16-10-19(27-15(16)4)20(23)21-17-6-8-18(9-7-17)28(24,25)22-11-13(2)26-14(3)12-22/h6-10,13-14H,5,11-12H2,1-4H3,(H,21,23). The molecule has 0 radical (unpaired) electrons. The van der Waals surface area contributed by atoms with Crippen LogP contribution in [0.4, 0.5) is 5.69 Å². The van der Waals surface area contributed by atoms with Crippen LogP contribution in [0.15, 0.2) is 35.2 Å². The van der Waals surface area contributed by atoms with E-state index >= 15 is 0 Å². The molecule has 2 aromatic rings. The van der Waals surface area contributed by atoms with E-state index in [4.69, 9.17) is 4.74 Å². The van der Waals surface area contributed by atoms with Crippen molar-refractivity contribution < 1.29 is 17.9 Å². The number of hydrogen-bond donors (Lipinski definition) is 1. The summed E-state index contributed by atoms with van der Waals surface area (Å²) in [6, 6.07) is 8.23. The molecule has 1 amide bonds. The van der Waals surface area contributed by atoms with Crippen LogP contribution in [0.2, 0.25) is 0 Å². The molecule has 1 aliphatic heterocycles. The number of nitrogens with one attached hydrogen (secondary N) is 1. The Morgan fingerprint density at radius 1 is 1.21 bits per heavy atom. The average Bonchev–Trinajstić information content (AvgIpc) is 3.02. The highest BCUT2D eigenvalue weighted by molar-refractivity contribution is 7.89. The van der Waals surface area contributed by atoms with Crippen LogP contribution in [0, 0.1) is 6.92 Å². The van der Waals surface area contributed by atoms with E-state index in [1.54, 1.807) is 12.1 Å². The number of amides is 1. The highest BCUT2D eigenvalue weighted by atomic mass is 32.2. The topological polar surface area (TPSA) is 75.7 Å². The van der Waals surface area contributed by atoms with Gasteiger partial charge in [-0.2, -0.15) is 4.31 Å². The molecule has 1 N–H and O–H groups in total. The smallest absolute Gasteiger partial charge is 0.265 e. The van der Waals surface area contributed by atoms with Gasteiger partial charge >= 0.3 is 0 Å². The number of benzene rings is 1. The molecule has 2 unspecified atom stereocenters. The third-order valence-electron chi connectivity index (χ3n) is 4.76. The van der Waals surface area contributed by atoms with Gasteiger partial charge in [0.05, 0.1) is 22.0 Å². The van der Waals surface area contributed by atoms with Gasteiger partial charge in [0.25, 0.3) is 5.91 Å². The number of carbonyl (C=O) groups is 1. The molecule has 0 saturated carbocycles. The van der Waals surface area contributed by atoms with Crippen molar-refractivity contribution in [2.24, 2.45) is 0 Å². The van der Waals surface area contributed by atoms with Crippen LogP contribution >= 0.6 is 11.3 Å². The Morgan fingerprint density at radius 2 is 1.82 bits per heavy atom. The predicted octanol–water partition coefficient (Wildman–Crippen LogP) is 3.67. The first-order valence-electron chi connectivity index (χ1n) is 9.37. The van der Waals surface area contributed by atoms with Crippen molar-refractivity contribution in [1.82, 2.24) is 4.31 Å². The second-order valence-corrected chi connectivity index (χ2v) is 10.3. The number of nitrogens with zero attached hydrogens (tertiary/aromatic N) is 1. The maximum absolute atomic E-state index is 12.9. The molecule has 3 rings (SSSR count). The van der Waals surface area contributed by atoms with Gasteiger partial charge in [-0.15, -0.1) is 11.3 Å². The molecule has 1 saturated heterocycles. The number of anilines is 1. The summed E-state index contributed by atoms with van der Waals surface area (Å²) < 4.78 is 32.9. The lowest BCUT2D eigenvalue weighted by Gasteiger charge is -2.34. The zero-order chi connectivity index (χ0) is 20.5. The van der Waals surface area contributed by atoms with Crippen LogP contribution in [-0.2, 0) is 21.2 Å². The number of hydrogen-bond acceptors (Lipinski definition) is 5. The molecular formula is C20H26N2O4S2. The van der Waals surface area contributed by atoms with Crippen molar-refractivity contribution in [2.75, 3.05) is 18.4 Å². The molecule has 28 heavy (non-hydrogen) atoms. The molecule has 6 nitrogen and oxygen atoms in total. The lowest BCUT2D eigenvalue weighted by Crippen LogP contribution is -2.48. The molecule has 1 aromatic carbocycles. The Balaban J connectivity index is 1.73. The zero-order valence-electron chi connectivity index (χ0n) is 16.6. The SMILES string of the molecule is CCc1cc(C(=O)Nc2ccc(S(=O)(=O)N3CC(C)OC(C)C3)cc2)sc1C. The average molecular weight is 423 g/mol.